The van der Waals surface area contributed by atoms with Gasteiger partial charge >= 0.3 is 0 Å². The van der Waals surface area contributed by atoms with Crippen LogP contribution in [0, 0.1) is 6.92 Å². The van der Waals surface area contributed by atoms with Gasteiger partial charge in [0.25, 0.3) is 0 Å². The van der Waals surface area contributed by atoms with Crippen LogP contribution in [0.25, 0.3) is 11.2 Å². The summed E-state index contributed by atoms with van der Waals surface area (Å²) in [5, 5.41) is 0. The standard InChI is InChI=1S/C11H16N4O/c1-7-4-5-13-10-9(7)14-11(12)15(10)8(2)6-16-3/h4-5,8H,6H2,1-3H3,(H2,12,14). The second kappa shape index (κ2) is 4.09. The van der Waals surface area contributed by atoms with Crippen molar-refractivity contribution in [1.82, 2.24) is 14.5 Å². The van der Waals surface area contributed by atoms with Gasteiger partial charge in [-0.05, 0) is 25.5 Å². The summed E-state index contributed by atoms with van der Waals surface area (Å²) in [5.74, 6) is 0.487. The predicted molar refractivity (Wildman–Crippen MR) is 63.3 cm³/mol. The lowest BCUT2D eigenvalue weighted by atomic mass is 10.2. The van der Waals surface area contributed by atoms with Crippen molar-refractivity contribution in [3.8, 4) is 0 Å². The van der Waals surface area contributed by atoms with Crippen molar-refractivity contribution in [3.63, 3.8) is 0 Å². The zero-order valence-corrected chi connectivity index (χ0v) is 9.77. The Morgan fingerprint density at radius 2 is 2.31 bits per heavy atom. The van der Waals surface area contributed by atoms with Crippen LogP contribution in [0.2, 0.25) is 0 Å². The zero-order valence-electron chi connectivity index (χ0n) is 9.77. The third-order valence-electron chi connectivity index (χ3n) is 2.66. The first-order valence-corrected chi connectivity index (χ1v) is 5.23. The zero-order chi connectivity index (χ0) is 11.7. The molecule has 0 saturated heterocycles. The molecule has 86 valence electrons. The summed E-state index contributed by atoms with van der Waals surface area (Å²) < 4.78 is 7.04. The van der Waals surface area contributed by atoms with Crippen LogP contribution in [-0.4, -0.2) is 28.3 Å². The van der Waals surface area contributed by atoms with E-state index in [1.807, 2.05) is 24.5 Å². The Labute approximate surface area is 94.2 Å². The Bertz CT molecular complexity index is 506. The summed E-state index contributed by atoms with van der Waals surface area (Å²) >= 11 is 0. The van der Waals surface area contributed by atoms with Gasteiger partial charge in [-0.15, -0.1) is 0 Å². The Morgan fingerprint density at radius 3 is 3.00 bits per heavy atom. The number of rotatable bonds is 3. The lowest BCUT2D eigenvalue weighted by molar-refractivity contribution is 0.164. The van der Waals surface area contributed by atoms with Crippen LogP contribution in [0.3, 0.4) is 0 Å². The van der Waals surface area contributed by atoms with E-state index in [4.69, 9.17) is 10.5 Å². The van der Waals surface area contributed by atoms with Gasteiger partial charge in [-0.2, -0.15) is 0 Å². The minimum absolute atomic E-state index is 0.129. The van der Waals surface area contributed by atoms with E-state index in [0.29, 0.717) is 12.6 Å². The molecule has 1 unspecified atom stereocenters. The molecule has 0 aliphatic heterocycles. The smallest absolute Gasteiger partial charge is 0.202 e. The lowest BCUT2D eigenvalue weighted by Gasteiger charge is -2.13. The van der Waals surface area contributed by atoms with Gasteiger partial charge in [0.15, 0.2) is 5.65 Å². The number of hydrogen-bond donors (Lipinski definition) is 1. The molecule has 0 amide bonds. The highest BCUT2D eigenvalue weighted by Crippen LogP contribution is 2.22. The maximum absolute atomic E-state index is 5.91. The fraction of sp³-hybridized carbons (Fsp3) is 0.455. The first-order chi connectivity index (χ1) is 7.65. The number of anilines is 1. The quantitative estimate of drug-likeness (QED) is 0.851. The average Bonchev–Trinajstić information content (AvgIpc) is 2.56. The molecule has 0 aromatic carbocycles. The van der Waals surface area contributed by atoms with E-state index in [1.165, 1.54) is 0 Å². The van der Waals surface area contributed by atoms with Crippen LogP contribution in [-0.2, 0) is 4.74 Å². The van der Waals surface area contributed by atoms with E-state index in [-0.39, 0.29) is 6.04 Å². The highest BCUT2D eigenvalue weighted by Gasteiger charge is 2.15. The molecule has 5 heteroatoms. The van der Waals surface area contributed by atoms with Crippen LogP contribution in [0.15, 0.2) is 12.3 Å². The van der Waals surface area contributed by atoms with Crippen molar-refractivity contribution in [2.75, 3.05) is 19.5 Å². The van der Waals surface area contributed by atoms with E-state index in [0.717, 1.165) is 16.7 Å². The Kier molecular flexibility index (Phi) is 2.78. The highest BCUT2D eigenvalue weighted by molar-refractivity contribution is 5.77. The third-order valence-corrected chi connectivity index (χ3v) is 2.66. The molecule has 2 rings (SSSR count). The molecular formula is C11H16N4O. The maximum atomic E-state index is 5.91. The number of ether oxygens (including phenoxy) is 1. The van der Waals surface area contributed by atoms with E-state index >= 15 is 0 Å². The Balaban J connectivity index is 2.60. The summed E-state index contributed by atoms with van der Waals surface area (Å²) in [6, 6.07) is 2.06. The second-order valence-corrected chi connectivity index (χ2v) is 3.94. The van der Waals surface area contributed by atoms with Crippen LogP contribution < -0.4 is 5.73 Å². The fourth-order valence-electron chi connectivity index (χ4n) is 1.88. The van der Waals surface area contributed by atoms with E-state index in [2.05, 4.69) is 9.97 Å². The van der Waals surface area contributed by atoms with Crippen molar-refractivity contribution in [1.29, 1.82) is 0 Å². The molecule has 16 heavy (non-hydrogen) atoms. The molecule has 0 spiro atoms. The first kappa shape index (κ1) is 10.9. The molecule has 0 saturated carbocycles. The number of aryl methyl sites for hydroxylation is 1. The SMILES string of the molecule is COCC(C)n1c(N)nc2c(C)ccnc21. The number of fused-ring (bicyclic) bond motifs is 1. The number of nitrogens with zero attached hydrogens (tertiary/aromatic N) is 3. The van der Waals surface area contributed by atoms with Crippen molar-refractivity contribution in [2.24, 2.45) is 0 Å². The first-order valence-electron chi connectivity index (χ1n) is 5.23. The molecule has 0 fully saturated rings. The molecule has 0 radical (unpaired) electrons. The number of imidazole rings is 1. The molecule has 0 aliphatic carbocycles. The summed E-state index contributed by atoms with van der Waals surface area (Å²) in [7, 11) is 1.67. The summed E-state index contributed by atoms with van der Waals surface area (Å²) in [6.45, 7) is 4.62. The van der Waals surface area contributed by atoms with Gasteiger partial charge < -0.3 is 10.5 Å². The highest BCUT2D eigenvalue weighted by atomic mass is 16.5. The van der Waals surface area contributed by atoms with Gasteiger partial charge in [0.2, 0.25) is 5.95 Å². The van der Waals surface area contributed by atoms with Gasteiger partial charge in [-0.1, -0.05) is 0 Å². The molecule has 5 nitrogen and oxygen atoms in total. The fourth-order valence-corrected chi connectivity index (χ4v) is 1.88. The van der Waals surface area contributed by atoms with E-state index in [9.17, 15) is 0 Å². The molecule has 0 bridgehead atoms. The number of hydrogen-bond acceptors (Lipinski definition) is 4. The summed E-state index contributed by atoms with van der Waals surface area (Å²) in [4.78, 5) is 8.67. The van der Waals surface area contributed by atoms with Gasteiger partial charge in [0.05, 0.1) is 12.6 Å². The monoisotopic (exact) mass is 220 g/mol. The Hall–Kier alpha value is -1.62. The molecule has 2 aromatic heterocycles. The lowest BCUT2D eigenvalue weighted by Crippen LogP contribution is -2.14. The van der Waals surface area contributed by atoms with Crippen molar-refractivity contribution >= 4 is 17.1 Å². The van der Waals surface area contributed by atoms with Gasteiger partial charge in [-0.25, -0.2) is 9.97 Å². The number of pyridine rings is 1. The van der Waals surface area contributed by atoms with Gasteiger partial charge in [0.1, 0.15) is 5.52 Å². The molecule has 2 N–H and O–H groups in total. The van der Waals surface area contributed by atoms with E-state index in [1.54, 1.807) is 13.3 Å². The molecule has 2 aromatic rings. The third kappa shape index (κ3) is 1.63. The largest absolute Gasteiger partial charge is 0.383 e. The number of nitrogens with two attached hydrogens (primary N) is 1. The van der Waals surface area contributed by atoms with Crippen molar-refractivity contribution in [2.45, 2.75) is 19.9 Å². The Morgan fingerprint density at radius 1 is 1.56 bits per heavy atom. The number of nitrogen functional groups attached to an aromatic ring is 1. The average molecular weight is 220 g/mol. The maximum Gasteiger partial charge on any atom is 0.202 e. The summed E-state index contributed by atoms with van der Waals surface area (Å²) in [5.41, 5.74) is 8.68. The summed E-state index contributed by atoms with van der Waals surface area (Å²) in [6.07, 6.45) is 1.77. The van der Waals surface area contributed by atoms with Crippen LogP contribution in [0.4, 0.5) is 5.95 Å². The van der Waals surface area contributed by atoms with Crippen LogP contribution in [0.5, 0.6) is 0 Å². The van der Waals surface area contributed by atoms with Crippen LogP contribution >= 0.6 is 0 Å². The number of methoxy groups -OCH3 is 1. The topological polar surface area (TPSA) is 66.0 Å². The van der Waals surface area contributed by atoms with Crippen molar-refractivity contribution < 1.29 is 4.74 Å². The minimum atomic E-state index is 0.129. The van der Waals surface area contributed by atoms with Gasteiger partial charge in [-0.3, -0.25) is 4.57 Å². The second-order valence-electron chi connectivity index (χ2n) is 3.94. The van der Waals surface area contributed by atoms with Crippen LogP contribution in [0.1, 0.15) is 18.5 Å². The molecule has 1 atom stereocenters. The molecular weight excluding hydrogens is 204 g/mol. The number of aromatic nitrogens is 3. The van der Waals surface area contributed by atoms with E-state index < -0.39 is 0 Å². The molecule has 0 aliphatic rings. The minimum Gasteiger partial charge on any atom is -0.383 e. The van der Waals surface area contributed by atoms with Gasteiger partial charge in [0, 0.05) is 13.3 Å². The predicted octanol–water partition coefficient (Wildman–Crippen LogP) is 1.53. The molecule has 2 heterocycles. The normalized spacial score (nSPS) is 13.2. The van der Waals surface area contributed by atoms with Crippen molar-refractivity contribution in [3.05, 3.63) is 17.8 Å².